The average molecular weight is 545 g/mol. The molecule has 0 fully saturated rings. The first-order valence-corrected chi connectivity index (χ1v) is 13.4. The molecule has 0 saturated carbocycles. The topological polar surface area (TPSA) is 165 Å². The van der Waals surface area contributed by atoms with Crippen LogP contribution in [0.25, 0.3) is 0 Å². The third kappa shape index (κ3) is 7.87. The molecule has 3 aromatic rings. The van der Waals surface area contributed by atoms with Gasteiger partial charge in [0, 0.05) is 30.5 Å². The van der Waals surface area contributed by atoms with Gasteiger partial charge in [0.05, 0.1) is 17.4 Å². The fraction of sp³-hybridized carbons (Fsp3) is 0.280. The third-order valence-corrected chi connectivity index (χ3v) is 5.99. The molecule has 2 amide bonds. The Balaban J connectivity index is 1.87. The predicted molar refractivity (Wildman–Crippen MR) is 141 cm³/mol. The van der Waals surface area contributed by atoms with Gasteiger partial charge in [-0.1, -0.05) is 26.0 Å². The van der Waals surface area contributed by atoms with Crippen molar-refractivity contribution in [3.8, 4) is 5.75 Å². The van der Waals surface area contributed by atoms with Crippen molar-refractivity contribution < 1.29 is 26.6 Å². The number of halogens is 1. The highest BCUT2D eigenvalue weighted by molar-refractivity contribution is 7.86. The van der Waals surface area contributed by atoms with E-state index in [0.717, 1.165) is 6.26 Å². The molecule has 0 bridgehead atoms. The van der Waals surface area contributed by atoms with Crippen LogP contribution >= 0.6 is 0 Å². The number of nitrogens with one attached hydrogen (secondary N) is 3. The summed E-state index contributed by atoms with van der Waals surface area (Å²) in [4.78, 5) is 33.1. The number of rotatable bonds is 11. The summed E-state index contributed by atoms with van der Waals surface area (Å²) >= 11 is 0. The van der Waals surface area contributed by atoms with E-state index < -0.39 is 27.7 Å². The molecule has 0 radical (unpaired) electrons. The first kappa shape index (κ1) is 28.3. The molecule has 0 unspecified atom stereocenters. The Morgan fingerprint density at radius 3 is 2.37 bits per heavy atom. The number of carbonyl (C=O) groups excluding carboxylic acids is 2. The SMILES string of the molecule is CC(C)[C@@H](C)Nc1nc(Nc2ccc(C(=O)NCc3ccc(F)cc3)c(OS(C)(=O)=O)c2)ncc1C(N)=O. The number of nitrogens with two attached hydrogens (primary N) is 1. The highest BCUT2D eigenvalue weighted by atomic mass is 32.2. The molecule has 1 heterocycles. The molecule has 0 aliphatic heterocycles. The summed E-state index contributed by atoms with van der Waals surface area (Å²) in [6.45, 7) is 6.02. The van der Waals surface area contributed by atoms with Gasteiger partial charge in [0.15, 0.2) is 5.75 Å². The maximum atomic E-state index is 13.1. The number of primary amides is 1. The molecule has 1 atom stereocenters. The molecule has 0 aliphatic carbocycles. The van der Waals surface area contributed by atoms with E-state index in [0.29, 0.717) is 11.3 Å². The lowest BCUT2D eigenvalue weighted by atomic mass is 10.1. The minimum Gasteiger partial charge on any atom is -0.382 e. The zero-order valence-electron chi connectivity index (χ0n) is 21.3. The summed E-state index contributed by atoms with van der Waals surface area (Å²) in [5.74, 6) is -1.37. The van der Waals surface area contributed by atoms with Gasteiger partial charge in [-0.15, -0.1) is 0 Å². The predicted octanol–water partition coefficient (Wildman–Crippen LogP) is 3.18. The lowest BCUT2D eigenvalue weighted by Crippen LogP contribution is -2.25. The van der Waals surface area contributed by atoms with Crippen molar-refractivity contribution in [2.45, 2.75) is 33.4 Å². The quantitative estimate of drug-likeness (QED) is 0.265. The average Bonchev–Trinajstić information content (AvgIpc) is 2.82. The van der Waals surface area contributed by atoms with Crippen LogP contribution in [-0.2, 0) is 16.7 Å². The summed E-state index contributed by atoms with van der Waals surface area (Å²) in [5.41, 5.74) is 6.48. The second-order valence-corrected chi connectivity index (χ2v) is 10.5. The minimum absolute atomic E-state index is 0.0293. The second-order valence-electron chi connectivity index (χ2n) is 8.93. The summed E-state index contributed by atoms with van der Waals surface area (Å²) in [6, 6.07) is 9.74. The van der Waals surface area contributed by atoms with E-state index in [9.17, 15) is 22.4 Å². The highest BCUT2D eigenvalue weighted by Crippen LogP contribution is 2.27. The number of amides is 2. The number of benzene rings is 2. The lowest BCUT2D eigenvalue weighted by Gasteiger charge is -2.20. The van der Waals surface area contributed by atoms with E-state index >= 15 is 0 Å². The molecular formula is C25H29FN6O5S. The molecule has 0 saturated heterocycles. The third-order valence-electron chi connectivity index (χ3n) is 5.51. The zero-order valence-corrected chi connectivity index (χ0v) is 22.1. The number of hydrogen-bond acceptors (Lipinski definition) is 9. The minimum atomic E-state index is -3.98. The first-order valence-electron chi connectivity index (χ1n) is 11.6. The number of hydrogen-bond donors (Lipinski definition) is 4. The van der Waals surface area contributed by atoms with Crippen LogP contribution in [0.4, 0.5) is 21.8 Å². The summed E-state index contributed by atoms with van der Waals surface area (Å²) in [6.07, 6.45) is 2.13. The number of aromatic nitrogens is 2. The molecular weight excluding hydrogens is 515 g/mol. The van der Waals surface area contributed by atoms with Crippen LogP contribution in [0.15, 0.2) is 48.7 Å². The Kier molecular flexibility index (Phi) is 8.84. The van der Waals surface area contributed by atoms with Crippen LogP contribution in [0.2, 0.25) is 0 Å². The van der Waals surface area contributed by atoms with Gasteiger partial charge in [-0.25, -0.2) is 9.37 Å². The molecule has 202 valence electrons. The van der Waals surface area contributed by atoms with Crippen LogP contribution in [0, 0.1) is 11.7 Å². The van der Waals surface area contributed by atoms with Crippen molar-refractivity contribution in [2.24, 2.45) is 11.7 Å². The van der Waals surface area contributed by atoms with Crippen molar-refractivity contribution in [3.63, 3.8) is 0 Å². The molecule has 0 aliphatic rings. The molecule has 11 nitrogen and oxygen atoms in total. The van der Waals surface area contributed by atoms with Gasteiger partial charge in [-0.3, -0.25) is 9.59 Å². The highest BCUT2D eigenvalue weighted by Gasteiger charge is 2.19. The largest absolute Gasteiger partial charge is 0.382 e. The van der Waals surface area contributed by atoms with Crippen LogP contribution in [-0.4, -0.2) is 42.5 Å². The second kappa shape index (κ2) is 11.9. The van der Waals surface area contributed by atoms with E-state index in [2.05, 4.69) is 25.9 Å². The Bertz CT molecular complexity index is 1430. The molecule has 5 N–H and O–H groups in total. The standard InChI is InChI=1S/C25H29FN6O5S/c1-14(2)15(3)30-23-20(22(27)33)13-29-25(32-23)31-18-9-10-19(21(11-18)37-38(4,35)36)24(34)28-12-16-5-7-17(26)8-6-16/h5-11,13-15H,12H2,1-4H3,(H2,27,33)(H,28,34)(H2,29,30,31,32)/t15-/m1/s1. The Labute approximate surface area is 220 Å². The number of nitrogens with zero attached hydrogens (tertiary/aromatic N) is 2. The van der Waals surface area contributed by atoms with E-state index in [4.69, 9.17) is 9.92 Å². The summed E-state index contributed by atoms with van der Waals surface area (Å²) in [5, 5.41) is 8.70. The summed E-state index contributed by atoms with van der Waals surface area (Å²) < 4.78 is 41.9. The van der Waals surface area contributed by atoms with Gasteiger partial charge in [0.2, 0.25) is 5.95 Å². The van der Waals surface area contributed by atoms with E-state index in [1.165, 1.54) is 48.7 Å². The maximum Gasteiger partial charge on any atom is 0.306 e. The van der Waals surface area contributed by atoms with Gasteiger partial charge >= 0.3 is 10.1 Å². The molecule has 3 rings (SSSR count). The Hall–Kier alpha value is -4.26. The van der Waals surface area contributed by atoms with Gasteiger partial charge in [-0.05, 0) is 42.7 Å². The molecule has 1 aromatic heterocycles. The molecule has 2 aromatic carbocycles. The zero-order chi connectivity index (χ0) is 28.0. The van der Waals surface area contributed by atoms with E-state index in [-0.39, 0.29) is 47.1 Å². The van der Waals surface area contributed by atoms with E-state index in [1.807, 2.05) is 20.8 Å². The molecule has 13 heteroatoms. The van der Waals surface area contributed by atoms with Crippen LogP contribution in [0.5, 0.6) is 5.75 Å². The lowest BCUT2D eigenvalue weighted by molar-refractivity contribution is 0.0948. The van der Waals surface area contributed by atoms with Crippen LogP contribution in [0.1, 0.15) is 47.1 Å². The fourth-order valence-corrected chi connectivity index (χ4v) is 3.61. The normalized spacial score (nSPS) is 12.1. The Morgan fingerprint density at radius 2 is 1.76 bits per heavy atom. The maximum absolute atomic E-state index is 13.1. The number of carbonyl (C=O) groups is 2. The molecule has 0 spiro atoms. The number of anilines is 3. The van der Waals surface area contributed by atoms with Gasteiger partial charge in [0.1, 0.15) is 11.6 Å². The van der Waals surface area contributed by atoms with Crippen LogP contribution < -0.4 is 25.9 Å². The van der Waals surface area contributed by atoms with Crippen molar-refractivity contribution in [1.82, 2.24) is 15.3 Å². The van der Waals surface area contributed by atoms with Crippen molar-refractivity contribution in [2.75, 3.05) is 16.9 Å². The van der Waals surface area contributed by atoms with Crippen molar-refractivity contribution >= 4 is 39.4 Å². The fourth-order valence-electron chi connectivity index (χ4n) is 3.14. The molecule has 38 heavy (non-hydrogen) atoms. The smallest absolute Gasteiger partial charge is 0.306 e. The monoisotopic (exact) mass is 544 g/mol. The van der Waals surface area contributed by atoms with Gasteiger partial charge in [0.25, 0.3) is 11.8 Å². The van der Waals surface area contributed by atoms with Gasteiger partial charge in [-0.2, -0.15) is 13.4 Å². The van der Waals surface area contributed by atoms with Crippen LogP contribution in [0.3, 0.4) is 0 Å². The van der Waals surface area contributed by atoms with Crippen molar-refractivity contribution in [3.05, 3.63) is 71.2 Å². The first-order chi connectivity index (χ1) is 17.8. The summed E-state index contributed by atoms with van der Waals surface area (Å²) in [7, 11) is -3.98. The van der Waals surface area contributed by atoms with E-state index in [1.54, 1.807) is 0 Å². The van der Waals surface area contributed by atoms with Crippen molar-refractivity contribution in [1.29, 1.82) is 0 Å². The Morgan fingerprint density at radius 1 is 1.08 bits per heavy atom. The van der Waals surface area contributed by atoms with Gasteiger partial charge < -0.3 is 25.9 Å².